The standard InChI is InChI=1S/C36H29NO2/c38-36(39-22-34-32-15-7-5-13-30(32)31-14-6-8-16-33(31)34)37-26-17-18-27(37)21-25(20-26)35-28-11-3-1-9-23(28)19-24-10-2-4-12-29(24)35/h1-16,19-20,26-27,34H,17-18,21-22H2. The number of carbonyl (C=O) groups is 1. The highest BCUT2D eigenvalue weighted by Gasteiger charge is 2.41. The summed E-state index contributed by atoms with van der Waals surface area (Å²) >= 11 is 0. The molecule has 190 valence electrons. The number of hydrogen-bond acceptors (Lipinski definition) is 2. The zero-order chi connectivity index (χ0) is 25.9. The lowest BCUT2D eigenvalue weighted by atomic mass is 9.87. The lowest BCUT2D eigenvalue weighted by molar-refractivity contribution is 0.0867. The molecule has 1 saturated heterocycles. The van der Waals surface area contributed by atoms with E-state index in [-0.39, 0.29) is 24.1 Å². The van der Waals surface area contributed by atoms with E-state index in [0.29, 0.717) is 6.61 Å². The van der Waals surface area contributed by atoms with Crippen LogP contribution < -0.4 is 0 Å². The first-order chi connectivity index (χ1) is 19.3. The highest BCUT2D eigenvalue weighted by atomic mass is 16.6. The zero-order valence-corrected chi connectivity index (χ0v) is 21.7. The highest BCUT2D eigenvalue weighted by molar-refractivity contribution is 6.09. The molecule has 2 atom stereocenters. The summed E-state index contributed by atoms with van der Waals surface area (Å²) in [6, 6.07) is 36.9. The van der Waals surface area contributed by atoms with Crippen molar-refractivity contribution in [2.45, 2.75) is 37.3 Å². The van der Waals surface area contributed by atoms with Crippen molar-refractivity contribution in [3.63, 3.8) is 0 Å². The van der Waals surface area contributed by atoms with Crippen molar-refractivity contribution in [2.75, 3.05) is 6.61 Å². The fourth-order valence-corrected chi connectivity index (χ4v) is 7.33. The Hall–Kier alpha value is -4.37. The summed E-state index contributed by atoms with van der Waals surface area (Å²) in [5.74, 6) is 0.0805. The lowest BCUT2D eigenvalue weighted by Gasteiger charge is -2.34. The van der Waals surface area contributed by atoms with E-state index in [1.807, 2.05) is 4.90 Å². The van der Waals surface area contributed by atoms with Crippen LogP contribution >= 0.6 is 0 Å². The van der Waals surface area contributed by atoms with E-state index in [1.165, 1.54) is 54.9 Å². The second-order valence-electron chi connectivity index (χ2n) is 11.1. The van der Waals surface area contributed by atoms with Gasteiger partial charge in [-0.2, -0.15) is 0 Å². The molecule has 2 bridgehead atoms. The number of carbonyl (C=O) groups excluding carboxylic acids is 1. The molecule has 1 aliphatic carbocycles. The average molecular weight is 508 g/mol. The van der Waals surface area contributed by atoms with Gasteiger partial charge < -0.3 is 4.74 Å². The van der Waals surface area contributed by atoms with Crippen LogP contribution in [0, 0.1) is 0 Å². The molecule has 8 rings (SSSR count). The number of ether oxygens (including phenoxy) is 1. The predicted octanol–water partition coefficient (Wildman–Crippen LogP) is 8.56. The summed E-state index contributed by atoms with van der Waals surface area (Å²) in [7, 11) is 0. The van der Waals surface area contributed by atoms with Gasteiger partial charge in [-0.25, -0.2) is 4.79 Å². The van der Waals surface area contributed by atoms with E-state index in [2.05, 4.69) is 109 Å². The minimum atomic E-state index is -0.178. The van der Waals surface area contributed by atoms with Gasteiger partial charge in [0.2, 0.25) is 0 Å². The number of rotatable bonds is 3. The molecule has 1 amide bonds. The van der Waals surface area contributed by atoms with E-state index < -0.39 is 0 Å². The van der Waals surface area contributed by atoms with Crippen molar-refractivity contribution in [1.29, 1.82) is 0 Å². The van der Waals surface area contributed by atoms with E-state index in [1.54, 1.807) is 0 Å². The van der Waals surface area contributed by atoms with Crippen LogP contribution in [0.15, 0.2) is 109 Å². The smallest absolute Gasteiger partial charge is 0.410 e. The molecule has 5 aromatic rings. The molecular weight excluding hydrogens is 478 g/mol. The normalized spacial score (nSPS) is 19.7. The summed E-state index contributed by atoms with van der Waals surface area (Å²) in [5.41, 5.74) is 7.69. The number of hydrogen-bond donors (Lipinski definition) is 0. The SMILES string of the molecule is O=C(OCC1c2ccccc2-c2ccccc21)N1C2C=C(c3c4ccccc4cc4ccccc34)CC1CC2. The first-order valence-corrected chi connectivity index (χ1v) is 14.0. The Morgan fingerprint density at radius 2 is 1.33 bits per heavy atom. The number of amides is 1. The quantitative estimate of drug-likeness (QED) is 0.229. The Morgan fingerprint density at radius 1 is 0.744 bits per heavy atom. The third-order valence-electron chi connectivity index (χ3n) is 9.03. The molecule has 0 radical (unpaired) electrons. The molecular formula is C36H29NO2. The predicted molar refractivity (Wildman–Crippen MR) is 158 cm³/mol. The van der Waals surface area contributed by atoms with Gasteiger partial charge in [-0.3, -0.25) is 4.90 Å². The number of fused-ring (bicyclic) bond motifs is 7. The first kappa shape index (κ1) is 22.6. The highest BCUT2D eigenvalue weighted by Crippen LogP contribution is 2.46. The summed E-state index contributed by atoms with van der Waals surface area (Å²) in [5, 5.41) is 5.10. The molecule has 2 aliphatic heterocycles. The van der Waals surface area contributed by atoms with Gasteiger partial charge in [0.05, 0.1) is 6.04 Å². The molecule has 1 fully saturated rings. The summed E-state index contributed by atoms with van der Waals surface area (Å²) in [6.45, 7) is 0.368. The molecule has 5 aromatic carbocycles. The van der Waals surface area contributed by atoms with Crippen LogP contribution in [0.25, 0.3) is 38.2 Å². The Morgan fingerprint density at radius 3 is 1.97 bits per heavy atom. The van der Waals surface area contributed by atoms with Gasteiger partial charge in [-0.1, -0.05) is 103 Å². The van der Waals surface area contributed by atoms with Gasteiger partial charge in [0, 0.05) is 12.0 Å². The van der Waals surface area contributed by atoms with Gasteiger partial charge in [0.25, 0.3) is 0 Å². The van der Waals surface area contributed by atoms with Crippen molar-refractivity contribution in [3.05, 3.63) is 126 Å². The Labute approximate surface area is 228 Å². The topological polar surface area (TPSA) is 29.5 Å². The molecule has 0 aromatic heterocycles. The summed E-state index contributed by atoms with van der Waals surface area (Å²) in [6.07, 6.45) is 5.03. The molecule has 3 heteroatoms. The lowest BCUT2D eigenvalue weighted by Crippen LogP contribution is -2.43. The Kier molecular flexibility index (Phi) is 5.12. The molecule has 39 heavy (non-hydrogen) atoms. The second kappa shape index (κ2) is 8.84. The molecule has 0 N–H and O–H groups in total. The third kappa shape index (κ3) is 3.53. The van der Waals surface area contributed by atoms with Crippen molar-refractivity contribution in [3.8, 4) is 11.1 Å². The van der Waals surface area contributed by atoms with E-state index in [4.69, 9.17) is 4.74 Å². The monoisotopic (exact) mass is 507 g/mol. The molecule has 2 unspecified atom stereocenters. The molecule has 3 nitrogen and oxygen atoms in total. The maximum atomic E-state index is 13.6. The van der Waals surface area contributed by atoms with Gasteiger partial charge in [-0.15, -0.1) is 0 Å². The van der Waals surface area contributed by atoms with E-state index in [9.17, 15) is 4.79 Å². The van der Waals surface area contributed by atoms with Crippen LogP contribution in [0.5, 0.6) is 0 Å². The minimum Gasteiger partial charge on any atom is -0.448 e. The fourth-order valence-electron chi connectivity index (χ4n) is 7.33. The third-order valence-corrected chi connectivity index (χ3v) is 9.03. The van der Waals surface area contributed by atoms with E-state index >= 15 is 0 Å². The Balaban J connectivity index is 1.09. The molecule has 2 heterocycles. The van der Waals surface area contributed by atoms with Gasteiger partial charge in [-0.05, 0) is 80.3 Å². The van der Waals surface area contributed by atoms with Crippen LogP contribution in [0.3, 0.4) is 0 Å². The number of nitrogens with zero attached hydrogens (tertiary/aromatic N) is 1. The molecule has 0 spiro atoms. The van der Waals surface area contributed by atoms with Crippen LogP contribution in [0.4, 0.5) is 4.79 Å². The van der Waals surface area contributed by atoms with Gasteiger partial charge >= 0.3 is 6.09 Å². The first-order valence-electron chi connectivity index (χ1n) is 14.0. The van der Waals surface area contributed by atoms with Crippen LogP contribution in [-0.2, 0) is 4.74 Å². The zero-order valence-electron chi connectivity index (χ0n) is 21.7. The second-order valence-corrected chi connectivity index (χ2v) is 11.1. The molecule has 0 saturated carbocycles. The maximum absolute atomic E-state index is 13.6. The van der Waals surface area contributed by atoms with E-state index in [0.717, 1.165) is 19.3 Å². The van der Waals surface area contributed by atoms with Crippen LogP contribution in [0.1, 0.15) is 41.9 Å². The summed E-state index contributed by atoms with van der Waals surface area (Å²) < 4.78 is 6.10. The van der Waals surface area contributed by atoms with Crippen LogP contribution in [0.2, 0.25) is 0 Å². The van der Waals surface area contributed by atoms with Crippen molar-refractivity contribution < 1.29 is 9.53 Å². The van der Waals surface area contributed by atoms with Gasteiger partial charge in [0.15, 0.2) is 0 Å². The number of benzene rings is 5. The van der Waals surface area contributed by atoms with Crippen molar-refractivity contribution in [1.82, 2.24) is 4.90 Å². The fraction of sp³-hybridized carbons (Fsp3) is 0.194. The van der Waals surface area contributed by atoms with Crippen LogP contribution in [-0.4, -0.2) is 29.7 Å². The Bertz CT molecular complexity index is 1700. The molecule has 3 aliphatic rings. The van der Waals surface area contributed by atoms with Gasteiger partial charge in [0.1, 0.15) is 6.61 Å². The van der Waals surface area contributed by atoms with Crippen molar-refractivity contribution in [2.24, 2.45) is 0 Å². The average Bonchev–Trinajstić information content (AvgIpc) is 3.45. The largest absolute Gasteiger partial charge is 0.448 e. The minimum absolute atomic E-state index is 0.0760. The maximum Gasteiger partial charge on any atom is 0.410 e. The summed E-state index contributed by atoms with van der Waals surface area (Å²) in [4.78, 5) is 15.6. The van der Waals surface area contributed by atoms with Crippen molar-refractivity contribution >= 4 is 33.2 Å².